The fourth-order valence-corrected chi connectivity index (χ4v) is 3.57. The zero-order valence-electron chi connectivity index (χ0n) is 17.7. The van der Waals surface area contributed by atoms with Crippen LogP contribution in [0.4, 0.5) is 0 Å². The van der Waals surface area contributed by atoms with Crippen molar-refractivity contribution >= 4 is 11.9 Å². The van der Waals surface area contributed by atoms with Gasteiger partial charge < -0.3 is 34.3 Å². The fraction of sp³-hybridized carbons (Fsp3) is 0.895. The molecule has 9 heteroatoms. The first-order valence-corrected chi connectivity index (χ1v) is 9.52. The minimum atomic E-state index is -1.33. The lowest BCUT2D eigenvalue weighted by Gasteiger charge is -2.29. The lowest BCUT2D eigenvalue weighted by Crippen LogP contribution is -2.45. The highest BCUT2D eigenvalue weighted by Gasteiger charge is 2.53. The van der Waals surface area contributed by atoms with Crippen LogP contribution in [0.15, 0.2) is 0 Å². The van der Waals surface area contributed by atoms with Gasteiger partial charge in [-0.2, -0.15) is 0 Å². The molecule has 0 radical (unpaired) electrons. The van der Waals surface area contributed by atoms with Gasteiger partial charge in [-0.3, -0.25) is 9.59 Å². The molecule has 0 bridgehead atoms. The molecule has 7 atom stereocenters. The third-order valence-corrected chi connectivity index (χ3v) is 5.25. The van der Waals surface area contributed by atoms with Gasteiger partial charge in [0.2, 0.25) is 6.29 Å². The monoisotopic (exact) mass is 406 g/mol. The van der Waals surface area contributed by atoms with Gasteiger partial charge in [0.1, 0.15) is 11.7 Å². The van der Waals surface area contributed by atoms with Crippen molar-refractivity contribution < 1.29 is 43.9 Å². The van der Waals surface area contributed by atoms with Crippen LogP contribution < -0.4 is 0 Å². The molecule has 2 aliphatic rings. The van der Waals surface area contributed by atoms with Crippen LogP contribution in [0.3, 0.4) is 0 Å². The van der Waals surface area contributed by atoms with E-state index in [-0.39, 0.29) is 11.5 Å². The number of aliphatic hydroxyl groups excluding tert-OH is 2. The van der Waals surface area contributed by atoms with E-state index in [2.05, 4.69) is 0 Å². The summed E-state index contributed by atoms with van der Waals surface area (Å²) >= 11 is 0. The molecule has 1 unspecified atom stereocenters. The second kappa shape index (κ2) is 9.49. The van der Waals surface area contributed by atoms with Crippen LogP contribution in [-0.2, 0) is 28.5 Å². The van der Waals surface area contributed by atoms with Gasteiger partial charge in [0.05, 0.1) is 12.2 Å². The summed E-state index contributed by atoms with van der Waals surface area (Å²) in [4.78, 5) is 22.1. The van der Waals surface area contributed by atoms with Gasteiger partial charge >= 0.3 is 11.9 Å². The molecule has 2 saturated heterocycles. The normalized spacial score (nSPS) is 39.1. The highest BCUT2D eigenvalue weighted by atomic mass is 16.7. The Kier molecular flexibility index (Phi) is 8.40. The molecule has 9 nitrogen and oxygen atoms in total. The molecule has 0 saturated carbocycles. The molecule has 164 valence electrons. The minimum absolute atomic E-state index is 0.101. The predicted molar refractivity (Wildman–Crippen MR) is 97.9 cm³/mol. The van der Waals surface area contributed by atoms with E-state index in [9.17, 15) is 19.8 Å². The Morgan fingerprint density at radius 2 is 1.43 bits per heavy atom. The lowest BCUT2D eigenvalue weighted by molar-refractivity contribution is -0.195. The third-order valence-electron chi connectivity index (χ3n) is 5.25. The van der Waals surface area contributed by atoms with Gasteiger partial charge in [-0.25, -0.2) is 0 Å². The standard InChI is InChI=1S/C12H20O5.C7H14O4/c1-6-9-12(4,5)10(15-7(2)13)11(17-9)16-8(3)14;1-3-4-7(2,10)5(8)6(9)11-4/h9-11H,6H2,1-5H3;4-6,8-10H,3H2,1-2H3/t9-,10+,11?;4-,5+,6+,7-/m11/s1. The number of esters is 2. The zero-order chi connectivity index (χ0) is 21.9. The molecule has 0 aliphatic carbocycles. The molecule has 2 fully saturated rings. The Bertz CT molecular complexity index is 546. The minimum Gasteiger partial charge on any atom is -0.455 e. The maximum Gasteiger partial charge on any atom is 0.305 e. The second-order valence-corrected chi connectivity index (χ2v) is 7.96. The van der Waals surface area contributed by atoms with Crippen LogP contribution in [0.1, 0.15) is 61.3 Å². The molecule has 0 aromatic carbocycles. The summed E-state index contributed by atoms with van der Waals surface area (Å²) in [5, 5.41) is 27.8. The number of carbonyl (C=O) groups is 2. The third kappa shape index (κ3) is 5.42. The second-order valence-electron chi connectivity index (χ2n) is 7.96. The Hall–Kier alpha value is -1.26. The van der Waals surface area contributed by atoms with Gasteiger partial charge in [0.15, 0.2) is 12.4 Å². The number of hydrogen-bond donors (Lipinski definition) is 3. The van der Waals surface area contributed by atoms with Crippen molar-refractivity contribution in [2.75, 3.05) is 0 Å². The molecule has 3 N–H and O–H groups in total. The highest BCUT2D eigenvalue weighted by molar-refractivity contribution is 5.67. The molecule has 2 rings (SSSR count). The molecule has 2 aliphatic heterocycles. The summed E-state index contributed by atoms with van der Waals surface area (Å²) in [5.74, 6) is -0.847. The molecule has 0 spiro atoms. The highest BCUT2D eigenvalue weighted by Crippen LogP contribution is 2.42. The largest absolute Gasteiger partial charge is 0.455 e. The van der Waals surface area contributed by atoms with E-state index >= 15 is 0 Å². The maximum absolute atomic E-state index is 11.1. The zero-order valence-corrected chi connectivity index (χ0v) is 17.7. The van der Waals surface area contributed by atoms with Crippen molar-refractivity contribution in [3.05, 3.63) is 0 Å². The van der Waals surface area contributed by atoms with Crippen LogP contribution >= 0.6 is 0 Å². The van der Waals surface area contributed by atoms with E-state index in [4.69, 9.17) is 24.1 Å². The Morgan fingerprint density at radius 3 is 1.75 bits per heavy atom. The average molecular weight is 406 g/mol. The number of aliphatic hydroxyl groups is 3. The van der Waals surface area contributed by atoms with E-state index in [1.807, 2.05) is 27.7 Å². The van der Waals surface area contributed by atoms with E-state index in [1.54, 1.807) is 0 Å². The molecule has 2 heterocycles. The smallest absolute Gasteiger partial charge is 0.305 e. The first-order chi connectivity index (χ1) is 12.8. The summed E-state index contributed by atoms with van der Waals surface area (Å²) in [7, 11) is 0. The predicted octanol–water partition coefficient (Wildman–Crippen LogP) is 0.868. The van der Waals surface area contributed by atoms with Crippen molar-refractivity contribution in [2.24, 2.45) is 5.41 Å². The molecule has 0 aromatic heterocycles. The van der Waals surface area contributed by atoms with Gasteiger partial charge in [-0.05, 0) is 19.8 Å². The molecule has 0 aromatic rings. The van der Waals surface area contributed by atoms with Crippen LogP contribution in [0.25, 0.3) is 0 Å². The quantitative estimate of drug-likeness (QED) is 0.582. The SMILES string of the molecule is CC[C@H]1OC(OC(C)=O)[C@H](OC(C)=O)C1(C)C.CC[C@H]1O[C@H](O)[C@H](O)[C@]1(C)O. The molecular weight excluding hydrogens is 372 g/mol. The van der Waals surface area contributed by atoms with E-state index < -0.39 is 48.4 Å². The Morgan fingerprint density at radius 1 is 0.929 bits per heavy atom. The topological polar surface area (TPSA) is 132 Å². The molecule has 0 amide bonds. The molecular formula is C19H34O9. The lowest BCUT2D eigenvalue weighted by atomic mass is 9.81. The van der Waals surface area contributed by atoms with Crippen molar-refractivity contribution in [3.8, 4) is 0 Å². The summed E-state index contributed by atoms with van der Waals surface area (Å²) < 4.78 is 20.8. The van der Waals surface area contributed by atoms with Gasteiger partial charge in [-0.1, -0.05) is 27.7 Å². The number of hydrogen-bond acceptors (Lipinski definition) is 9. The van der Waals surface area contributed by atoms with Gasteiger partial charge in [0.25, 0.3) is 0 Å². The van der Waals surface area contributed by atoms with Crippen LogP contribution in [-0.4, -0.2) is 69.9 Å². The first kappa shape index (κ1) is 24.8. The number of ether oxygens (including phenoxy) is 4. The van der Waals surface area contributed by atoms with Crippen molar-refractivity contribution in [3.63, 3.8) is 0 Å². The van der Waals surface area contributed by atoms with Gasteiger partial charge in [0, 0.05) is 19.3 Å². The van der Waals surface area contributed by atoms with Crippen LogP contribution in [0.2, 0.25) is 0 Å². The summed E-state index contributed by atoms with van der Waals surface area (Å²) in [6, 6.07) is 0. The van der Waals surface area contributed by atoms with Crippen LogP contribution in [0.5, 0.6) is 0 Å². The number of carbonyl (C=O) groups excluding carboxylic acids is 2. The van der Waals surface area contributed by atoms with Crippen molar-refractivity contribution in [1.29, 1.82) is 0 Å². The first-order valence-electron chi connectivity index (χ1n) is 9.52. The maximum atomic E-state index is 11.1. The van der Waals surface area contributed by atoms with Crippen LogP contribution in [0, 0.1) is 5.41 Å². The fourth-order valence-electron chi connectivity index (χ4n) is 3.57. The van der Waals surface area contributed by atoms with Gasteiger partial charge in [-0.15, -0.1) is 0 Å². The van der Waals surface area contributed by atoms with E-state index in [0.717, 1.165) is 6.42 Å². The summed E-state index contributed by atoms with van der Waals surface area (Å²) in [5.41, 5.74) is -1.70. The summed E-state index contributed by atoms with van der Waals surface area (Å²) in [6.45, 7) is 11.8. The Balaban J connectivity index is 0.000000307. The van der Waals surface area contributed by atoms with Crippen molar-refractivity contribution in [1.82, 2.24) is 0 Å². The Labute approximate surface area is 165 Å². The average Bonchev–Trinajstić information content (AvgIpc) is 2.92. The van der Waals surface area contributed by atoms with E-state index in [0.29, 0.717) is 6.42 Å². The van der Waals surface area contributed by atoms with E-state index in [1.165, 1.54) is 20.8 Å². The molecule has 28 heavy (non-hydrogen) atoms. The summed E-state index contributed by atoms with van der Waals surface area (Å²) in [6.07, 6.45) is -3.07. The van der Waals surface area contributed by atoms with Crippen molar-refractivity contribution in [2.45, 2.75) is 104 Å². The number of rotatable bonds is 4.